The Morgan fingerprint density at radius 2 is 1.91 bits per heavy atom. The van der Waals surface area contributed by atoms with Gasteiger partial charge in [-0.2, -0.15) is 9.57 Å². The Balaban J connectivity index is 1.69. The van der Waals surface area contributed by atoms with E-state index in [-0.39, 0.29) is 9.90 Å². The molecular formula is C13H12ClN5O2S2. The number of anilines is 1. The fourth-order valence-electron chi connectivity index (χ4n) is 2.26. The molecule has 23 heavy (non-hydrogen) atoms. The SMILES string of the molecule is N#Cc1cnc(N2CCN(S(=O)(=O)c3ccc(Cl)s3)CC2)cn1. The van der Waals surface area contributed by atoms with Crippen LogP contribution >= 0.6 is 22.9 Å². The standard InChI is InChI=1S/C13H12ClN5O2S2/c14-11-1-2-13(22-11)23(20,21)19-5-3-18(4-6-19)12-9-16-10(7-15)8-17-12/h1-2,8-9H,3-6H2. The maximum absolute atomic E-state index is 12.5. The molecule has 0 radical (unpaired) electrons. The van der Waals surface area contributed by atoms with E-state index in [0.29, 0.717) is 36.3 Å². The molecule has 1 aliphatic rings. The molecule has 0 aliphatic carbocycles. The van der Waals surface area contributed by atoms with E-state index in [1.807, 2.05) is 11.0 Å². The van der Waals surface area contributed by atoms with Crippen molar-refractivity contribution in [1.29, 1.82) is 5.26 Å². The summed E-state index contributed by atoms with van der Waals surface area (Å²) in [5.74, 6) is 0.639. The van der Waals surface area contributed by atoms with Crippen LogP contribution in [0.3, 0.4) is 0 Å². The van der Waals surface area contributed by atoms with Crippen molar-refractivity contribution in [3.8, 4) is 6.07 Å². The van der Waals surface area contributed by atoms with Gasteiger partial charge in [-0.1, -0.05) is 11.6 Å². The van der Waals surface area contributed by atoms with Gasteiger partial charge in [-0.15, -0.1) is 11.3 Å². The van der Waals surface area contributed by atoms with Crippen molar-refractivity contribution in [1.82, 2.24) is 14.3 Å². The molecule has 0 atom stereocenters. The van der Waals surface area contributed by atoms with Crippen LogP contribution in [-0.4, -0.2) is 48.9 Å². The van der Waals surface area contributed by atoms with Crippen molar-refractivity contribution in [2.45, 2.75) is 4.21 Å². The van der Waals surface area contributed by atoms with Gasteiger partial charge in [0.1, 0.15) is 16.1 Å². The van der Waals surface area contributed by atoms with Gasteiger partial charge in [-0.3, -0.25) is 0 Å². The Kier molecular flexibility index (Phi) is 4.50. The van der Waals surface area contributed by atoms with E-state index in [9.17, 15) is 8.42 Å². The van der Waals surface area contributed by atoms with E-state index >= 15 is 0 Å². The molecule has 0 spiro atoms. The number of hydrogen-bond acceptors (Lipinski definition) is 7. The summed E-state index contributed by atoms with van der Waals surface area (Å²) in [5.41, 5.74) is 0.254. The van der Waals surface area contributed by atoms with Gasteiger partial charge in [0.25, 0.3) is 10.0 Å². The molecule has 120 valence electrons. The molecule has 3 heterocycles. The van der Waals surface area contributed by atoms with Crippen LogP contribution in [0.2, 0.25) is 4.34 Å². The Morgan fingerprint density at radius 3 is 2.43 bits per heavy atom. The highest BCUT2D eigenvalue weighted by molar-refractivity contribution is 7.91. The fraction of sp³-hybridized carbons (Fsp3) is 0.308. The second-order valence-corrected chi connectivity index (χ2v) is 8.70. The van der Waals surface area contributed by atoms with Crippen LogP contribution in [0.1, 0.15) is 5.69 Å². The summed E-state index contributed by atoms with van der Waals surface area (Å²) < 4.78 is 27.2. The molecule has 0 N–H and O–H groups in total. The lowest BCUT2D eigenvalue weighted by Gasteiger charge is -2.34. The molecule has 0 aromatic carbocycles. The molecule has 0 saturated carbocycles. The summed E-state index contributed by atoms with van der Waals surface area (Å²) >= 11 is 6.88. The van der Waals surface area contributed by atoms with Crippen LogP contribution in [0.25, 0.3) is 0 Å². The summed E-state index contributed by atoms with van der Waals surface area (Å²) in [6, 6.07) is 5.03. The van der Waals surface area contributed by atoms with Crippen LogP contribution in [0.4, 0.5) is 5.82 Å². The maximum Gasteiger partial charge on any atom is 0.252 e. The van der Waals surface area contributed by atoms with E-state index in [0.717, 1.165) is 11.3 Å². The third-order valence-electron chi connectivity index (χ3n) is 3.46. The number of thiophene rings is 1. The zero-order valence-electron chi connectivity index (χ0n) is 11.9. The molecular weight excluding hydrogens is 358 g/mol. The second kappa shape index (κ2) is 6.41. The van der Waals surface area contributed by atoms with E-state index < -0.39 is 10.0 Å². The molecule has 0 amide bonds. The molecule has 1 aliphatic heterocycles. The summed E-state index contributed by atoms with van der Waals surface area (Å²) in [4.78, 5) is 10.1. The largest absolute Gasteiger partial charge is 0.353 e. The number of rotatable bonds is 3. The van der Waals surface area contributed by atoms with Gasteiger partial charge in [-0.25, -0.2) is 18.4 Å². The highest BCUT2D eigenvalue weighted by atomic mass is 35.5. The van der Waals surface area contributed by atoms with Crippen LogP contribution in [0.5, 0.6) is 0 Å². The van der Waals surface area contributed by atoms with E-state index in [1.165, 1.54) is 22.8 Å². The number of nitrogens with zero attached hydrogens (tertiary/aromatic N) is 5. The van der Waals surface area contributed by atoms with E-state index in [4.69, 9.17) is 16.9 Å². The first-order valence-corrected chi connectivity index (χ1v) is 9.37. The first-order valence-electron chi connectivity index (χ1n) is 6.73. The topological polar surface area (TPSA) is 90.2 Å². The summed E-state index contributed by atoms with van der Waals surface area (Å²) in [6.45, 7) is 1.75. The molecule has 2 aromatic heterocycles. The van der Waals surface area contributed by atoms with Crippen LogP contribution < -0.4 is 4.90 Å². The van der Waals surface area contributed by atoms with Crippen molar-refractivity contribution >= 4 is 38.8 Å². The van der Waals surface area contributed by atoms with Gasteiger partial charge in [-0.05, 0) is 12.1 Å². The van der Waals surface area contributed by atoms with Crippen molar-refractivity contribution in [3.05, 3.63) is 34.6 Å². The predicted molar refractivity (Wildman–Crippen MR) is 87.0 cm³/mol. The molecule has 7 nitrogen and oxygen atoms in total. The van der Waals surface area contributed by atoms with Gasteiger partial charge in [0.2, 0.25) is 0 Å². The lowest BCUT2D eigenvalue weighted by atomic mass is 10.3. The summed E-state index contributed by atoms with van der Waals surface area (Å²) in [7, 11) is -3.50. The van der Waals surface area contributed by atoms with Crippen molar-refractivity contribution in [3.63, 3.8) is 0 Å². The number of hydrogen-bond donors (Lipinski definition) is 0. The minimum atomic E-state index is -3.50. The van der Waals surface area contributed by atoms with Gasteiger partial charge >= 0.3 is 0 Å². The highest BCUT2D eigenvalue weighted by Crippen LogP contribution is 2.28. The Hall–Kier alpha value is -1.73. The Morgan fingerprint density at radius 1 is 1.17 bits per heavy atom. The van der Waals surface area contributed by atoms with Gasteiger partial charge in [0.15, 0.2) is 5.69 Å². The highest BCUT2D eigenvalue weighted by Gasteiger charge is 2.30. The van der Waals surface area contributed by atoms with Gasteiger partial charge < -0.3 is 4.90 Å². The summed E-state index contributed by atoms with van der Waals surface area (Å²) in [6.07, 6.45) is 2.94. The number of piperazine rings is 1. The number of nitriles is 1. The van der Waals surface area contributed by atoms with E-state index in [2.05, 4.69) is 9.97 Å². The third kappa shape index (κ3) is 3.30. The lowest BCUT2D eigenvalue weighted by Crippen LogP contribution is -2.48. The average molecular weight is 370 g/mol. The average Bonchev–Trinajstić information content (AvgIpc) is 3.02. The predicted octanol–water partition coefficient (Wildman–Crippen LogP) is 1.57. The zero-order chi connectivity index (χ0) is 16.4. The van der Waals surface area contributed by atoms with Gasteiger partial charge in [0.05, 0.1) is 16.7 Å². The molecule has 0 unspecified atom stereocenters. The number of sulfonamides is 1. The van der Waals surface area contributed by atoms with Crippen LogP contribution in [-0.2, 0) is 10.0 Å². The molecule has 1 fully saturated rings. The normalized spacial score (nSPS) is 16.3. The van der Waals surface area contributed by atoms with Crippen molar-refractivity contribution in [2.24, 2.45) is 0 Å². The minimum absolute atomic E-state index is 0.254. The minimum Gasteiger partial charge on any atom is -0.353 e. The molecule has 10 heteroatoms. The number of halogens is 1. The van der Waals surface area contributed by atoms with Crippen LogP contribution in [0, 0.1) is 11.3 Å². The second-order valence-electron chi connectivity index (χ2n) is 4.82. The smallest absolute Gasteiger partial charge is 0.252 e. The van der Waals surface area contributed by atoms with Crippen molar-refractivity contribution < 1.29 is 8.42 Å². The first kappa shape index (κ1) is 16.1. The monoisotopic (exact) mass is 369 g/mol. The molecule has 1 saturated heterocycles. The van der Waals surface area contributed by atoms with E-state index in [1.54, 1.807) is 6.07 Å². The first-order chi connectivity index (χ1) is 11.0. The Bertz CT molecular complexity index is 836. The maximum atomic E-state index is 12.5. The molecule has 0 bridgehead atoms. The summed E-state index contributed by atoms with van der Waals surface area (Å²) in [5, 5.41) is 8.73. The lowest BCUT2D eigenvalue weighted by molar-refractivity contribution is 0.384. The number of aromatic nitrogens is 2. The third-order valence-corrected chi connectivity index (χ3v) is 7.06. The fourth-order valence-corrected chi connectivity index (χ4v) is 5.32. The molecule has 2 aromatic rings. The Labute approximate surface area is 142 Å². The van der Waals surface area contributed by atoms with Crippen LogP contribution in [0.15, 0.2) is 28.7 Å². The zero-order valence-corrected chi connectivity index (χ0v) is 14.3. The molecule has 3 rings (SSSR count). The van der Waals surface area contributed by atoms with Gasteiger partial charge in [0, 0.05) is 26.2 Å². The quantitative estimate of drug-likeness (QED) is 0.815. The van der Waals surface area contributed by atoms with Crippen molar-refractivity contribution in [2.75, 3.05) is 31.1 Å².